The highest BCUT2D eigenvalue weighted by atomic mass is 16.5. The monoisotopic (exact) mass is 248 g/mol. The van der Waals surface area contributed by atoms with Crippen LogP contribution in [0.1, 0.15) is 19.8 Å². The van der Waals surface area contributed by atoms with E-state index in [-0.39, 0.29) is 0 Å². The van der Waals surface area contributed by atoms with Gasteiger partial charge in [-0.2, -0.15) is 0 Å². The van der Waals surface area contributed by atoms with Gasteiger partial charge in [0.2, 0.25) is 0 Å². The van der Waals surface area contributed by atoms with E-state index in [1.807, 2.05) is 30.3 Å². The Balaban J connectivity index is 1.67. The molecule has 1 unspecified atom stereocenters. The summed E-state index contributed by atoms with van der Waals surface area (Å²) in [5, 5.41) is 3.59. The molecule has 0 bridgehead atoms. The molecule has 0 aliphatic carbocycles. The lowest BCUT2D eigenvalue weighted by molar-refractivity contribution is 0.216. The van der Waals surface area contributed by atoms with E-state index < -0.39 is 0 Å². The van der Waals surface area contributed by atoms with Gasteiger partial charge in [-0.3, -0.25) is 4.90 Å². The fourth-order valence-electron chi connectivity index (χ4n) is 2.36. The molecule has 3 nitrogen and oxygen atoms in total. The van der Waals surface area contributed by atoms with Crippen LogP contribution in [-0.2, 0) is 0 Å². The molecule has 1 aromatic rings. The zero-order valence-corrected chi connectivity index (χ0v) is 11.3. The van der Waals surface area contributed by atoms with Crippen molar-refractivity contribution in [2.75, 3.05) is 32.8 Å². The van der Waals surface area contributed by atoms with Gasteiger partial charge in [-0.1, -0.05) is 25.1 Å². The third-order valence-corrected chi connectivity index (χ3v) is 3.57. The second kappa shape index (κ2) is 7.39. The minimum atomic E-state index is 0.699. The molecule has 1 atom stereocenters. The van der Waals surface area contributed by atoms with Crippen molar-refractivity contribution in [2.45, 2.75) is 25.8 Å². The maximum Gasteiger partial charge on any atom is 0.119 e. The Kier molecular flexibility index (Phi) is 5.49. The highest BCUT2D eigenvalue weighted by Gasteiger charge is 2.14. The number of nitrogens with zero attached hydrogens (tertiary/aromatic N) is 1. The van der Waals surface area contributed by atoms with Gasteiger partial charge in [-0.25, -0.2) is 0 Å². The van der Waals surface area contributed by atoms with E-state index in [1.54, 1.807) is 0 Å². The molecule has 100 valence electrons. The summed E-state index contributed by atoms with van der Waals surface area (Å²) < 4.78 is 5.74. The molecule has 1 heterocycles. The number of hydrogen-bond acceptors (Lipinski definition) is 3. The number of hydrogen-bond donors (Lipinski definition) is 1. The van der Waals surface area contributed by atoms with E-state index in [0.717, 1.165) is 32.0 Å². The van der Waals surface area contributed by atoms with Crippen molar-refractivity contribution in [1.29, 1.82) is 0 Å². The summed E-state index contributed by atoms with van der Waals surface area (Å²) in [7, 11) is 0. The topological polar surface area (TPSA) is 24.5 Å². The van der Waals surface area contributed by atoms with Gasteiger partial charge in [-0.05, 0) is 31.5 Å². The second-order valence-electron chi connectivity index (χ2n) is 4.85. The van der Waals surface area contributed by atoms with Crippen LogP contribution in [0.3, 0.4) is 0 Å². The average Bonchev–Trinajstić information content (AvgIpc) is 2.65. The van der Waals surface area contributed by atoms with Gasteiger partial charge in [0, 0.05) is 25.7 Å². The summed E-state index contributed by atoms with van der Waals surface area (Å²) in [5.74, 6) is 0.969. The molecule has 1 aliphatic rings. The van der Waals surface area contributed by atoms with E-state index in [2.05, 4.69) is 17.1 Å². The number of rotatable bonds is 5. The van der Waals surface area contributed by atoms with E-state index in [4.69, 9.17) is 4.74 Å². The van der Waals surface area contributed by atoms with Crippen LogP contribution in [0.15, 0.2) is 30.3 Å². The summed E-state index contributed by atoms with van der Waals surface area (Å²) in [6.45, 7) is 7.47. The van der Waals surface area contributed by atoms with E-state index in [9.17, 15) is 0 Å². The van der Waals surface area contributed by atoms with Crippen LogP contribution >= 0.6 is 0 Å². The predicted molar refractivity (Wildman–Crippen MR) is 75.1 cm³/mol. The Labute approximate surface area is 110 Å². The first-order valence-corrected chi connectivity index (χ1v) is 7.02. The third-order valence-electron chi connectivity index (χ3n) is 3.57. The number of ether oxygens (including phenoxy) is 1. The average molecular weight is 248 g/mol. The second-order valence-corrected chi connectivity index (χ2v) is 4.85. The Hall–Kier alpha value is -1.06. The maximum absolute atomic E-state index is 5.74. The first-order chi connectivity index (χ1) is 8.88. The Bertz CT molecular complexity index is 329. The maximum atomic E-state index is 5.74. The van der Waals surface area contributed by atoms with Gasteiger partial charge in [0.25, 0.3) is 0 Å². The number of para-hydroxylation sites is 1. The molecular weight excluding hydrogens is 224 g/mol. The van der Waals surface area contributed by atoms with Crippen LogP contribution in [0.4, 0.5) is 0 Å². The van der Waals surface area contributed by atoms with Gasteiger partial charge in [0.05, 0.1) is 0 Å². The first kappa shape index (κ1) is 13.4. The summed E-state index contributed by atoms with van der Waals surface area (Å²) in [4.78, 5) is 2.49. The summed E-state index contributed by atoms with van der Waals surface area (Å²) >= 11 is 0. The minimum Gasteiger partial charge on any atom is -0.492 e. The predicted octanol–water partition coefficient (Wildman–Crippen LogP) is 2.14. The lowest BCUT2D eigenvalue weighted by atomic mass is 10.1. The van der Waals surface area contributed by atoms with Crippen molar-refractivity contribution in [3.8, 4) is 5.75 Å². The molecule has 2 rings (SSSR count). The SMILES string of the molecule is CCC1CCN(CCOc2ccccc2)CCN1. The Morgan fingerprint density at radius 3 is 2.89 bits per heavy atom. The molecule has 0 radical (unpaired) electrons. The van der Waals surface area contributed by atoms with Crippen LogP contribution in [0.2, 0.25) is 0 Å². The third kappa shape index (κ3) is 4.31. The smallest absolute Gasteiger partial charge is 0.119 e. The summed E-state index contributed by atoms with van der Waals surface area (Å²) in [6, 6.07) is 10.8. The quantitative estimate of drug-likeness (QED) is 0.864. The molecule has 1 aliphatic heterocycles. The van der Waals surface area contributed by atoms with E-state index in [1.165, 1.54) is 19.4 Å². The molecule has 1 fully saturated rings. The lowest BCUT2D eigenvalue weighted by Crippen LogP contribution is -2.32. The molecule has 1 N–H and O–H groups in total. The minimum absolute atomic E-state index is 0.699. The Morgan fingerprint density at radius 2 is 2.11 bits per heavy atom. The van der Waals surface area contributed by atoms with Gasteiger partial charge >= 0.3 is 0 Å². The molecule has 0 aromatic heterocycles. The zero-order valence-electron chi connectivity index (χ0n) is 11.3. The molecule has 1 aromatic carbocycles. The van der Waals surface area contributed by atoms with Crippen molar-refractivity contribution in [2.24, 2.45) is 0 Å². The number of nitrogens with one attached hydrogen (secondary N) is 1. The van der Waals surface area contributed by atoms with Crippen molar-refractivity contribution < 1.29 is 4.74 Å². The van der Waals surface area contributed by atoms with Crippen molar-refractivity contribution in [3.05, 3.63) is 30.3 Å². The highest BCUT2D eigenvalue weighted by molar-refractivity contribution is 5.20. The van der Waals surface area contributed by atoms with Gasteiger partial charge in [0.15, 0.2) is 0 Å². The van der Waals surface area contributed by atoms with E-state index >= 15 is 0 Å². The zero-order chi connectivity index (χ0) is 12.6. The lowest BCUT2D eigenvalue weighted by Gasteiger charge is -2.19. The van der Waals surface area contributed by atoms with Gasteiger partial charge < -0.3 is 10.1 Å². The summed E-state index contributed by atoms with van der Waals surface area (Å²) in [5.41, 5.74) is 0. The van der Waals surface area contributed by atoms with E-state index in [0.29, 0.717) is 6.04 Å². The molecule has 0 amide bonds. The van der Waals surface area contributed by atoms with Crippen molar-refractivity contribution in [3.63, 3.8) is 0 Å². The molecule has 0 spiro atoms. The fraction of sp³-hybridized carbons (Fsp3) is 0.600. The highest BCUT2D eigenvalue weighted by Crippen LogP contribution is 2.09. The van der Waals surface area contributed by atoms with Gasteiger partial charge in [-0.15, -0.1) is 0 Å². The first-order valence-electron chi connectivity index (χ1n) is 7.02. The Morgan fingerprint density at radius 1 is 1.28 bits per heavy atom. The molecule has 18 heavy (non-hydrogen) atoms. The normalized spacial score (nSPS) is 21.5. The van der Waals surface area contributed by atoms with Crippen LogP contribution in [-0.4, -0.2) is 43.7 Å². The largest absolute Gasteiger partial charge is 0.492 e. The van der Waals surface area contributed by atoms with Crippen LogP contribution in [0.25, 0.3) is 0 Å². The molecular formula is C15H24N2O. The van der Waals surface area contributed by atoms with Crippen LogP contribution in [0.5, 0.6) is 5.75 Å². The van der Waals surface area contributed by atoms with Crippen molar-refractivity contribution in [1.82, 2.24) is 10.2 Å². The standard InChI is InChI=1S/C15H24N2O/c1-2-14-8-10-17(11-9-16-14)12-13-18-15-6-4-3-5-7-15/h3-7,14,16H,2,8-13H2,1H3. The summed E-state index contributed by atoms with van der Waals surface area (Å²) in [6.07, 6.45) is 2.48. The van der Waals surface area contributed by atoms with Crippen LogP contribution in [0, 0.1) is 0 Å². The fourth-order valence-corrected chi connectivity index (χ4v) is 2.36. The number of benzene rings is 1. The molecule has 3 heteroatoms. The van der Waals surface area contributed by atoms with Gasteiger partial charge in [0.1, 0.15) is 12.4 Å². The van der Waals surface area contributed by atoms with Crippen molar-refractivity contribution >= 4 is 0 Å². The van der Waals surface area contributed by atoms with Crippen LogP contribution < -0.4 is 10.1 Å². The molecule has 1 saturated heterocycles. The molecule has 0 saturated carbocycles.